The summed E-state index contributed by atoms with van der Waals surface area (Å²) in [7, 11) is 1.80. The SMILES string of the molecule is CN=C(NCc1cc(C(C)C)no1)NCC1CCCN1Cc1ccccc1. The molecule has 3 rings (SSSR count). The Morgan fingerprint density at radius 2 is 2.11 bits per heavy atom. The monoisotopic (exact) mass is 369 g/mol. The second-order valence-corrected chi connectivity index (χ2v) is 7.43. The molecule has 146 valence electrons. The van der Waals surface area contributed by atoms with Gasteiger partial charge in [-0.25, -0.2) is 0 Å². The van der Waals surface area contributed by atoms with Crippen molar-refractivity contribution in [3.8, 4) is 0 Å². The topological polar surface area (TPSA) is 65.7 Å². The Hall–Kier alpha value is -2.34. The molecule has 0 saturated carbocycles. The molecule has 6 heteroatoms. The van der Waals surface area contributed by atoms with Crippen LogP contribution in [0, 0.1) is 0 Å². The number of aliphatic imine (C=N–C) groups is 1. The van der Waals surface area contributed by atoms with Crippen LogP contribution in [0.4, 0.5) is 0 Å². The van der Waals surface area contributed by atoms with Crippen molar-refractivity contribution < 1.29 is 4.52 Å². The molecule has 1 aliphatic rings. The molecule has 1 atom stereocenters. The van der Waals surface area contributed by atoms with Crippen LogP contribution in [0.3, 0.4) is 0 Å². The Kier molecular flexibility index (Phi) is 6.87. The van der Waals surface area contributed by atoms with Crippen molar-refractivity contribution in [1.82, 2.24) is 20.7 Å². The number of aromatic nitrogens is 1. The van der Waals surface area contributed by atoms with Crippen LogP contribution in [0.15, 0.2) is 45.9 Å². The molecule has 1 fully saturated rings. The van der Waals surface area contributed by atoms with Crippen molar-refractivity contribution in [3.05, 3.63) is 53.4 Å². The molecular formula is C21H31N5O. The highest BCUT2D eigenvalue weighted by atomic mass is 16.5. The summed E-state index contributed by atoms with van der Waals surface area (Å²) in [5, 5.41) is 10.9. The Labute approximate surface area is 162 Å². The minimum atomic E-state index is 0.373. The third kappa shape index (κ3) is 5.57. The molecule has 1 aliphatic heterocycles. The van der Waals surface area contributed by atoms with Crippen LogP contribution in [0.5, 0.6) is 0 Å². The van der Waals surface area contributed by atoms with Gasteiger partial charge in [-0.1, -0.05) is 49.3 Å². The van der Waals surface area contributed by atoms with Gasteiger partial charge >= 0.3 is 0 Å². The van der Waals surface area contributed by atoms with Gasteiger partial charge in [-0.05, 0) is 30.9 Å². The van der Waals surface area contributed by atoms with Crippen molar-refractivity contribution in [2.75, 3.05) is 20.1 Å². The number of hydrogen-bond acceptors (Lipinski definition) is 4. The second kappa shape index (κ2) is 9.55. The largest absolute Gasteiger partial charge is 0.359 e. The lowest BCUT2D eigenvalue weighted by atomic mass is 10.1. The van der Waals surface area contributed by atoms with E-state index in [0.29, 0.717) is 18.5 Å². The summed E-state index contributed by atoms with van der Waals surface area (Å²) in [4.78, 5) is 6.89. The Morgan fingerprint density at radius 3 is 2.81 bits per heavy atom. The number of nitrogens with zero attached hydrogens (tertiary/aromatic N) is 3. The summed E-state index contributed by atoms with van der Waals surface area (Å²) < 4.78 is 5.38. The Bertz CT molecular complexity index is 725. The first kappa shape index (κ1) is 19.4. The third-order valence-electron chi connectivity index (χ3n) is 5.06. The molecule has 2 aromatic rings. The van der Waals surface area contributed by atoms with Crippen molar-refractivity contribution in [2.45, 2.75) is 51.7 Å². The maximum atomic E-state index is 5.38. The van der Waals surface area contributed by atoms with E-state index in [2.05, 4.69) is 69.9 Å². The van der Waals surface area contributed by atoms with Crippen LogP contribution >= 0.6 is 0 Å². The van der Waals surface area contributed by atoms with Gasteiger partial charge < -0.3 is 15.2 Å². The van der Waals surface area contributed by atoms with Crippen LogP contribution in [0.1, 0.15) is 49.6 Å². The first-order chi connectivity index (χ1) is 13.2. The molecule has 1 saturated heterocycles. The van der Waals surface area contributed by atoms with Gasteiger partial charge in [0.05, 0.1) is 12.2 Å². The van der Waals surface area contributed by atoms with E-state index < -0.39 is 0 Å². The van der Waals surface area contributed by atoms with E-state index in [0.717, 1.165) is 37.0 Å². The average Bonchev–Trinajstić information content (AvgIpc) is 3.32. The normalized spacial score (nSPS) is 18.2. The van der Waals surface area contributed by atoms with Gasteiger partial charge in [-0.2, -0.15) is 0 Å². The molecule has 0 spiro atoms. The summed E-state index contributed by atoms with van der Waals surface area (Å²) >= 11 is 0. The lowest BCUT2D eigenvalue weighted by Gasteiger charge is -2.25. The lowest BCUT2D eigenvalue weighted by molar-refractivity contribution is 0.245. The molecule has 27 heavy (non-hydrogen) atoms. The summed E-state index contributed by atoms with van der Waals surface area (Å²) in [5.74, 6) is 2.00. The first-order valence-electron chi connectivity index (χ1n) is 9.83. The van der Waals surface area contributed by atoms with E-state index in [-0.39, 0.29) is 0 Å². The molecule has 1 aromatic carbocycles. The van der Waals surface area contributed by atoms with Crippen LogP contribution in [-0.2, 0) is 13.1 Å². The van der Waals surface area contributed by atoms with Crippen LogP contribution in [0.2, 0.25) is 0 Å². The molecule has 0 radical (unpaired) electrons. The number of benzene rings is 1. The number of hydrogen-bond donors (Lipinski definition) is 2. The number of rotatable bonds is 7. The summed E-state index contributed by atoms with van der Waals surface area (Å²) in [6.07, 6.45) is 2.47. The fourth-order valence-electron chi connectivity index (χ4n) is 3.44. The Morgan fingerprint density at radius 1 is 1.30 bits per heavy atom. The van der Waals surface area contributed by atoms with Gasteiger partial charge in [0.25, 0.3) is 0 Å². The van der Waals surface area contributed by atoms with Gasteiger partial charge in [-0.15, -0.1) is 0 Å². The molecule has 0 aliphatic carbocycles. The van der Waals surface area contributed by atoms with Gasteiger partial charge in [-0.3, -0.25) is 9.89 Å². The van der Waals surface area contributed by atoms with Crippen molar-refractivity contribution >= 4 is 5.96 Å². The molecule has 6 nitrogen and oxygen atoms in total. The predicted octanol–water partition coefficient (Wildman–Crippen LogP) is 3.13. The summed E-state index contributed by atoms with van der Waals surface area (Å²) in [6, 6.07) is 13.2. The van der Waals surface area contributed by atoms with Crippen LogP contribution in [-0.4, -0.2) is 42.2 Å². The molecular weight excluding hydrogens is 338 g/mol. The summed E-state index contributed by atoms with van der Waals surface area (Å²) in [6.45, 7) is 7.85. The van der Waals surface area contributed by atoms with E-state index in [1.54, 1.807) is 7.05 Å². The Balaban J connectivity index is 1.46. The molecule has 1 aromatic heterocycles. The zero-order valence-corrected chi connectivity index (χ0v) is 16.6. The van der Waals surface area contributed by atoms with E-state index in [4.69, 9.17) is 4.52 Å². The van der Waals surface area contributed by atoms with E-state index in [1.807, 2.05) is 6.07 Å². The summed E-state index contributed by atoms with van der Waals surface area (Å²) in [5.41, 5.74) is 2.36. The highest BCUT2D eigenvalue weighted by Gasteiger charge is 2.24. The number of likely N-dealkylation sites (tertiary alicyclic amines) is 1. The highest BCUT2D eigenvalue weighted by Crippen LogP contribution is 2.19. The molecule has 2 N–H and O–H groups in total. The lowest BCUT2D eigenvalue weighted by Crippen LogP contribution is -2.44. The van der Waals surface area contributed by atoms with Crippen LogP contribution < -0.4 is 10.6 Å². The van der Waals surface area contributed by atoms with Gasteiger partial charge in [0.1, 0.15) is 0 Å². The fraction of sp³-hybridized carbons (Fsp3) is 0.524. The zero-order chi connectivity index (χ0) is 19.1. The van der Waals surface area contributed by atoms with Gasteiger partial charge in [0, 0.05) is 32.2 Å². The van der Waals surface area contributed by atoms with Gasteiger partial charge in [0.15, 0.2) is 11.7 Å². The molecule has 0 bridgehead atoms. The van der Waals surface area contributed by atoms with E-state index in [1.165, 1.54) is 18.4 Å². The predicted molar refractivity (Wildman–Crippen MR) is 109 cm³/mol. The molecule has 1 unspecified atom stereocenters. The van der Waals surface area contributed by atoms with Crippen molar-refractivity contribution in [3.63, 3.8) is 0 Å². The van der Waals surface area contributed by atoms with Crippen molar-refractivity contribution in [2.24, 2.45) is 4.99 Å². The number of nitrogens with one attached hydrogen (secondary N) is 2. The van der Waals surface area contributed by atoms with E-state index >= 15 is 0 Å². The zero-order valence-electron chi connectivity index (χ0n) is 16.6. The third-order valence-corrected chi connectivity index (χ3v) is 5.06. The smallest absolute Gasteiger partial charge is 0.191 e. The molecule has 2 heterocycles. The first-order valence-corrected chi connectivity index (χ1v) is 9.83. The highest BCUT2D eigenvalue weighted by molar-refractivity contribution is 5.79. The quantitative estimate of drug-likeness (QED) is 0.580. The number of guanidine groups is 1. The maximum absolute atomic E-state index is 5.38. The second-order valence-electron chi connectivity index (χ2n) is 7.43. The molecule has 0 amide bonds. The maximum Gasteiger partial charge on any atom is 0.191 e. The minimum absolute atomic E-state index is 0.373. The average molecular weight is 370 g/mol. The minimum Gasteiger partial charge on any atom is -0.359 e. The van der Waals surface area contributed by atoms with Crippen LogP contribution in [0.25, 0.3) is 0 Å². The standard InChI is InChI=1S/C21H31N5O/c1-16(2)20-12-19(27-25-20)14-24-21(22-3)23-13-18-10-7-11-26(18)15-17-8-5-4-6-9-17/h4-6,8-9,12,16,18H,7,10-11,13-15H2,1-3H3,(H2,22,23,24). The van der Waals surface area contributed by atoms with E-state index in [9.17, 15) is 0 Å². The van der Waals surface area contributed by atoms with Gasteiger partial charge in [0.2, 0.25) is 0 Å². The fourth-order valence-corrected chi connectivity index (χ4v) is 3.44. The van der Waals surface area contributed by atoms with Crippen molar-refractivity contribution in [1.29, 1.82) is 0 Å².